The Hall–Kier alpha value is -3.06. The maximum atomic E-state index is 13.0. The van der Waals surface area contributed by atoms with Crippen molar-refractivity contribution in [3.8, 4) is 27.8 Å². The number of ether oxygens (including phenoxy) is 3. The summed E-state index contributed by atoms with van der Waals surface area (Å²) < 4.78 is 16.5. The highest BCUT2D eigenvalue weighted by atomic mass is 32.1. The van der Waals surface area contributed by atoms with Crippen molar-refractivity contribution in [1.82, 2.24) is 9.88 Å². The Morgan fingerprint density at radius 3 is 2.48 bits per heavy atom. The molecule has 7 heteroatoms. The van der Waals surface area contributed by atoms with Crippen LogP contribution in [0.15, 0.2) is 42.5 Å². The minimum absolute atomic E-state index is 0.0300. The van der Waals surface area contributed by atoms with Crippen LogP contribution in [0.4, 0.5) is 0 Å². The molecule has 0 spiro atoms. The Labute approximate surface area is 187 Å². The van der Waals surface area contributed by atoms with Crippen molar-refractivity contribution in [1.29, 1.82) is 0 Å². The average molecular weight is 441 g/mol. The fraction of sp³-hybridized carbons (Fsp3) is 0.333. The predicted octanol–water partition coefficient (Wildman–Crippen LogP) is 4.99. The molecule has 0 bridgehead atoms. The van der Waals surface area contributed by atoms with Crippen molar-refractivity contribution in [2.75, 3.05) is 34.4 Å². The van der Waals surface area contributed by atoms with Crippen molar-refractivity contribution in [2.45, 2.75) is 20.3 Å². The van der Waals surface area contributed by atoms with E-state index in [2.05, 4.69) is 4.98 Å². The molecule has 0 atom stereocenters. The number of benzene rings is 2. The van der Waals surface area contributed by atoms with E-state index in [1.807, 2.05) is 63.4 Å². The van der Waals surface area contributed by atoms with Crippen molar-refractivity contribution in [2.24, 2.45) is 0 Å². The average Bonchev–Trinajstić information content (AvgIpc) is 3.18. The van der Waals surface area contributed by atoms with Crippen LogP contribution in [0.1, 0.15) is 27.3 Å². The lowest BCUT2D eigenvalue weighted by Crippen LogP contribution is -2.28. The second-order valence-corrected chi connectivity index (χ2v) is 8.20. The van der Waals surface area contributed by atoms with Gasteiger partial charge in [0, 0.05) is 19.2 Å². The minimum atomic E-state index is -0.0300. The second kappa shape index (κ2) is 10.3. The summed E-state index contributed by atoms with van der Waals surface area (Å²) >= 11 is 1.39. The number of thiazole rings is 1. The summed E-state index contributed by atoms with van der Waals surface area (Å²) in [4.78, 5) is 19.9. The molecule has 0 N–H and O–H groups in total. The van der Waals surface area contributed by atoms with Gasteiger partial charge >= 0.3 is 0 Å². The Balaban J connectivity index is 1.63. The number of hydrogen-bond acceptors (Lipinski definition) is 6. The fourth-order valence-corrected chi connectivity index (χ4v) is 4.22. The maximum Gasteiger partial charge on any atom is 0.265 e. The lowest BCUT2D eigenvalue weighted by Gasteiger charge is -2.17. The van der Waals surface area contributed by atoms with Crippen molar-refractivity contribution in [3.05, 3.63) is 58.6 Å². The van der Waals surface area contributed by atoms with Crippen molar-refractivity contribution in [3.63, 3.8) is 0 Å². The number of aromatic nitrogens is 1. The first-order valence-electron chi connectivity index (χ1n) is 10.1. The van der Waals surface area contributed by atoms with Crippen molar-refractivity contribution < 1.29 is 19.0 Å². The van der Waals surface area contributed by atoms with Gasteiger partial charge in [-0.2, -0.15) is 0 Å². The van der Waals surface area contributed by atoms with E-state index in [1.165, 1.54) is 11.3 Å². The summed E-state index contributed by atoms with van der Waals surface area (Å²) in [6, 6.07) is 13.6. The summed E-state index contributed by atoms with van der Waals surface area (Å²) in [5.41, 5.74) is 2.72. The smallest absolute Gasteiger partial charge is 0.265 e. The first kappa shape index (κ1) is 22.6. The zero-order chi connectivity index (χ0) is 22.4. The van der Waals surface area contributed by atoms with Gasteiger partial charge in [0.2, 0.25) is 0 Å². The summed E-state index contributed by atoms with van der Waals surface area (Å²) in [7, 11) is 5.01. The van der Waals surface area contributed by atoms with Crippen LogP contribution >= 0.6 is 11.3 Å². The number of aryl methyl sites for hydroxylation is 2. The molecule has 3 rings (SSSR count). The normalized spacial score (nSPS) is 10.6. The van der Waals surface area contributed by atoms with Gasteiger partial charge in [-0.15, -0.1) is 11.3 Å². The van der Waals surface area contributed by atoms with E-state index in [4.69, 9.17) is 14.2 Å². The highest BCUT2D eigenvalue weighted by Gasteiger charge is 2.20. The fourth-order valence-electron chi connectivity index (χ4n) is 3.16. The lowest BCUT2D eigenvalue weighted by molar-refractivity contribution is 0.0791. The van der Waals surface area contributed by atoms with Crippen LogP contribution in [0.3, 0.4) is 0 Å². The van der Waals surface area contributed by atoms with Crippen LogP contribution < -0.4 is 14.2 Å². The molecule has 31 heavy (non-hydrogen) atoms. The number of amides is 1. The van der Waals surface area contributed by atoms with Gasteiger partial charge in [0.05, 0.1) is 26.5 Å². The molecule has 0 aliphatic carbocycles. The van der Waals surface area contributed by atoms with E-state index < -0.39 is 0 Å². The molecule has 164 valence electrons. The van der Waals surface area contributed by atoms with Gasteiger partial charge in [0.15, 0.2) is 11.5 Å². The predicted molar refractivity (Wildman–Crippen MR) is 124 cm³/mol. The van der Waals surface area contributed by atoms with Crippen LogP contribution in [0.2, 0.25) is 0 Å². The monoisotopic (exact) mass is 440 g/mol. The topological polar surface area (TPSA) is 60.9 Å². The van der Waals surface area contributed by atoms with Gasteiger partial charge in [-0.05, 0) is 50.1 Å². The Morgan fingerprint density at radius 2 is 1.77 bits per heavy atom. The number of methoxy groups -OCH3 is 2. The summed E-state index contributed by atoms with van der Waals surface area (Å²) in [5, 5.41) is 0.776. The molecular formula is C24H28N2O4S. The zero-order valence-electron chi connectivity index (χ0n) is 18.6. The van der Waals surface area contributed by atoms with Gasteiger partial charge in [-0.25, -0.2) is 4.98 Å². The van der Waals surface area contributed by atoms with Crippen molar-refractivity contribution >= 4 is 17.2 Å². The quantitative estimate of drug-likeness (QED) is 0.439. The minimum Gasteiger partial charge on any atom is -0.493 e. The Kier molecular flexibility index (Phi) is 7.52. The van der Waals surface area contributed by atoms with E-state index in [1.54, 1.807) is 19.1 Å². The molecular weight excluding hydrogens is 412 g/mol. The third-order valence-electron chi connectivity index (χ3n) is 4.96. The van der Waals surface area contributed by atoms with E-state index in [9.17, 15) is 4.79 Å². The SMILES string of the molecule is COc1ccc(-c2nc(C)c(C(=O)N(C)CCCOc3ccccc3C)s2)cc1OC. The first-order chi connectivity index (χ1) is 14.9. The molecule has 0 saturated heterocycles. The molecule has 0 unspecified atom stereocenters. The molecule has 2 aromatic carbocycles. The Morgan fingerprint density at radius 1 is 1.03 bits per heavy atom. The van der Waals surface area contributed by atoms with Gasteiger partial charge in [0.1, 0.15) is 15.6 Å². The number of carbonyl (C=O) groups excluding carboxylic acids is 1. The first-order valence-corrected chi connectivity index (χ1v) is 10.9. The number of hydrogen-bond donors (Lipinski definition) is 0. The van der Waals surface area contributed by atoms with Gasteiger partial charge in [0.25, 0.3) is 5.91 Å². The van der Waals surface area contributed by atoms with Gasteiger partial charge in [-0.3, -0.25) is 4.79 Å². The number of para-hydroxylation sites is 1. The summed E-state index contributed by atoms with van der Waals surface area (Å²) in [6.45, 7) is 5.05. The van der Waals surface area contributed by atoms with E-state index in [-0.39, 0.29) is 5.91 Å². The third-order valence-corrected chi connectivity index (χ3v) is 6.15. The van der Waals surface area contributed by atoms with Crippen LogP contribution in [-0.2, 0) is 0 Å². The molecule has 0 fully saturated rings. The molecule has 1 aromatic heterocycles. The molecule has 0 saturated carbocycles. The molecule has 0 aliphatic heterocycles. The van der Waals surface area contributed by atoms with Gasteiger partial charge < -0.3 is 19.1 Å². The van der Waals surface area contributed by atoms with Crippen LogP contribution in [0, 0.1) is 13.8 Å². The summed E-state index contributed by atoms with van der Waals surface area (Å²) in [5.74, 6) is 2.14. The second-order valence-electron chi connectivity index (χ2n) is 7.20. The van der Waals surface area contributed by atoms with E-state index in [0.29, 0.717) is 29.5 Å². The molecule has 1 amide bonds. The van der Waals surface area contributed by atoms with Crippen LogP contribution in [0.5, 0.6) is 17.2 Å². The highest BCUT2D eigenvalue weighted by Crippen LogP contribution is 2.35. The Bertz CT molecular complexity index is 1050. The van der Waals surface area contributed by atoms with E-state index >= 15 is 0 Å². The molecule has 3 aromatic rings. The third kappa shape index (κ3) is 5.35. The van der Waals surface area contributed by atoms with Crippen LogP contribution in [0.25, 0.3) is 10.6 Å². The number of nitrogens with zero attached hydrogens (tertiary/aromatic N) is 2. The standard InChI is InChI=1S/C24H28N2O4S/c1-16-9-6-7-10-19(16)30-14-8-13-26(3)24(27)22-17(2)25-23(31-22)18-11-12-20(28-4)21(15-18)29-5/h6-7,9-12,15H,8,13-14H2,1-5H3. The number of rotatable bonds is 9. The van der Waals surface area contributed by atoms with Crippen LogP contribution in [-0.4, -0.2) is 50.2 Å². The number of carbonyl (C=O) groups is 1. The maximum absolute atomic E-state index is 13.0. The molecule has 0 aliphatic rings. The van der Waals surface area contributed by atoms with E-state index in [0.717, 1.165) is 34.0 Å². The highest BCUT2D eigenvalue weighted by molar-refractivity contribution is 7.17. The molecule has 0 radical (unpaired) electrons. The zero-order valence-corrected chi connectivity index (χ0v) is 19.4. The molecule has 1 heterocycles. The lowest BCUT2D eigenvalue weighted by atomic mass is 10.2. The van der Waals surface area contributed by atoms with Gasteiger partial charge in [-0.1, -0.05) is 18.2 Å². The largest absolute Gasteiger partial charge is 0.493 e. The summed E-state index contributed by atoms with van der Waals surface area (Å²) in [6.07, 6.45) is 0.747. The molecule has 6 nitrogen and oxygen atoms in total.